The monoisotopic (exact) mass is 204 g/mol. The molecule has 4 nitrogen and oxygen atoms in total. The molecule has 0 unspecified atom stereocenters. The third-order valence-corrected chi connectivity index (χ3v) is 1.96. The van der Waals surface area contributed by atoms with Crippen LogP contribution in [0, 0.1) is 0 Å². The summed E-state index contributed by atoms with van der Waals surface area (Å²) in [6.45, 7) is 1.62. The molecule has 1 aliphatic heterocycles. The lowest BCUT2D eigenvalue weighted by molar-refractivity contribution is 0.0221. The highest BCUT2D eigenvalue weighted by atomic mass is 16.7. The molecule has 2 bridgehead atoms. The molecule has 1 aromatic rings. The predicted molar refractivity (Wildman–Crippen MR) is 51.0 cm³/mol. The average Bonchev–Trinajstić information content (AvgIpc) is 2.27. The van der Waals surface area contributed by atoms with Crippen LogP contribution in [-0.2, 0) is 9.47 Å². The van der Waals surface area contributed by atoms with Gasteiger partial charge in [0.1, 0.15) is 0 Å². The molecule has 0 N–H and O–H groups in total. The molecular weight excluding hydrogens is 196 g/mol. The quantitative estimate of drug-likeness (QED) is 0.605. The van der Waals surface area contributed by atoms with Crippen LogP contribution in [0.5, 0.6) is 0 Å². The number of hydrogen-bond donors (Lipinski definition) is 0. The average molecular weight is 204 g/mol. The van der Waals surface area contributed by atoms with Gasteiger partial charge in [0.15, 0.2) is 0 Å². The highest BCUT2D eigenvalue weighted by Crippen LogP contribution is 2.16. The lowest BCUT2D eigenvalue weighted by Crippen LogP contribution is -2.15. The fraction of sp³-hybridized carbons (Fsp3) is 0.0909. The van der Waals surface area contributed by atoms with Crippen LogP contribution in [0.2, 0.25) is 0 Å². The Labute approximate surface area is 86.1 Å². The van der Waals surface area contributed by atoms with Crippen molar-refractivity contribution in [3.8, 4) is 0 Å². The molecule has 1 aromatic carbocycles. The van der Waals surface area contributed by atoms with Gasteiger partial charge in [0.05, 0.1) is 11.1 Å². The van der Waals surface area contributed by atoms with Gasteiger partial charge >= 0.3 is 11.9 Å². The molecule has 0 saturated heterocycles. The van der Waals surface area contributed by atoms with E-state index in [9.17, 15) is 9.59 Å². The second-order valence-electron chi connectivity index (χ2n) is 2.97. The summed E-state index contributed by atoms with van der Waals surface area (Å²) in [6, 6.07) is 6.21. The van der Waals surface area contributed by atoms with Crippen LogP contribution in [0.15, 0.2) is 36.3 Å². The lowest BCUT2D eigenvalue weighted by atomic mass is 10.1. The van der Waals surface area contributed by atoms with Crippen molar-refractivity contribution >= 4 is 11.9 Å². The zero-order chi connectivity index (χ0) is 10.8. The third-order valence-electron chi connectivity index (χ3n) is 1.96. The van der Waals surface area contributed by atoms with E-state index >= 15 is 0 Å². The topological polar surface area (TPSA) is 52.6 Å². The van der Waals surface area contributed by atoms with Crippen molar-refractivity contribution < 1.29 is 19.1 Å². The van der Waals surface area contributed by atoms with Crippen molar-refractivity contribution in [1.29, 1.82) is 0 Å². The van der Waals surface area contributed by atoms with Gasteiger partial charge in [-0.25, -0.2) is 9.59 Å². The van der Waals surface area contributed by atoms with E-state index in [4.69, 9.17) is 9.47 Å². The van der Waals surface area contributed by atoms with Gasteiger partial charge in [-0.15, -0.1) is 0 Å². The van der Waals surface area contributed by atoms with Crippen molar-refractivity contribution in [2.45, 2.75) is 6.92 Å². The Kier molecular flexibility index (Phi) is 2.25. The number of benzene rings is 1. The minimum atomic E-state index is -0.530. The molecule has 15 heavy (non-hydrogen) atoms. The van der Waals surface area contributed by atoms with Crippen molar-refractivity contribution in [2.75, 3.05) is 0 Å². The molecule has 0 amide bonds. The Bertz CT molecular complexity index is 424. The normalized spacial score (nSPS) is 14.9. The second-order valence-corrected chi connectivity index (χ2v) is 2.97. The number of hydrogen-bond acceptors (Lipinski definition) is 4. The number of cyclic esters (lactones) is 2. The predicted octanol–water partition coefficient (Wildman–Crippen LogP) is 1.88. The van der Waals surface area contributed by atoms with Gasteiger partial charge in [-0.05, 0) is 31.2 Å². The lowest BCUT2D eigenvalue weighted by Gasteiger charge is -2.12. The van der Waals surface area contributed by atoms with Crippen LogP contribution in [0.1, 0.15) is 27.6 Å². The maximum absolute atomic E-state index is 11.5. The Morgan fingerprint density at radius 1 is 1.07 bits per heavy atom. The first-order valence-electron chi connectivity index (χ1n) is 4.41. The first-order valence-corrected chi connectivity index (χ1v) is 4.41. The summed E-state index contributed by atoms with van der Waals surface area (Å²) in [4.78, 5) is 22.9. The molecule has 0 atom stereocenters. The van der Waals surface area contributed by atoms with E-state index in [0.717, 1.165) is 0 Å². The third kappa shape index (κ3) is 1.74. The van der Waals surface area contributed by atoms with Crippen LogP contribution >= 0.6 is 0 Å². The SMILES string of the molecule is CC=C1OC(=O)c2cccc(c2)C(=O)O1. The van der Waals surface area contributed by atoms with Gasteiger partial charge in [-0.3, -0.25) is 0 Å². The van der Waals surface area contributed by atoms with Gasteiger partial charge in [0.25, 0.3) is 5.95 Å². The minimum Gasteiger partial charge on any atom is -0.389 e. The van der Waals surface area contributed by atoms with E-state index in [-0.39, 0.29) is 5.95 Å². The molecule has 0 aromatic heterocycles. The number of fused-ring (bicyclic) bond motifs is 2. The summed E-state index contributed by atoms with van der Waals surface area (Å²) >= 11 is 0. The number of carbonyl (C=O) groups is 2. The first kappa shape index (κ1) is 9.45. The molecule has 0 saturated carbocycles. The fourth-order valence-corrected chi connectivity index (χ4v) is 1.21. The summed E-state index contributed by atoms with van der Waals surface area (Å²) in [5, 5.41) is 0. The van der Waals surface area contributed by atoms with Gasteiger partial charge in [-0.1, -0.05) is 6.07 Å². The molecule has 2 rings (SSSR count). The number of ether oxygens (including phenoxy) is 2. The Balaban J connectivity index is 2.51. The Hall–Kier alpha value is -2.10. The first-order chi connectivity index (χ1) is 7.20. The van der Waals surface area contributed by atoms with Crippen molar-refractivity contribution in [3.63, 3.8) is 0 Å². The van der Waals surface area contributed by atoms with E-state index in [1.165, 1.54) is 12.1 Å². The van der Waals surface area contributed by atoms with Crippen molar-refractivity contribution in [2.24, 2.45) is 0 Å². The highest BCUT2D eigenvalue weighted by molar-refractivity contribution is 5.97. The van der Waals surface area contributed by atoms with Gasteiger partial charge in [0, 0.05) is 0 Å². The summed E-state index contributed by atoms with van der Waals surface area (Å²) in [5.41, 5.74) is 0.673. The van der Waals surface area contributed by atoms with Crippen molar-refractivity contribution in [3.05, 3.63) is 47.4 Å². The molecule has 76 valence electrons. The van der Waals surface area contributed by atoms with E-state index in [0.29, 0.717) is 11.1 Å². The number of rotatable bonds is 0. The number of allylic oxidation sites excluding steroid dienone is 1. The molecule has 1 heterocycles. The highest BCUT2D eigenvalue weighted by Gasteiger charge is 2.20. The van der Waals surface area contributed by atoms with E-state index in [1.54, 1.807) is 25.1 Å². The largest absolute Gasteiger partial charge is 0.389 e. The Morgan fingerprint density at radius 3 is 2.07 bits per heavy atom. The molecular formula is C11H8O4. The summed E-state index contributed by atoms with van der Waals surface area (Å²) in [7, 11) is 0. The molecule has 0 spiro atoms. The van der Waals surface area contributed by atoms with Gasteiger partial charge in [-0.2, -0.15) is 0 Å². The molecule has 0 fully saturated rings. The summed E-state index contributed by atoms with van der Waals surface area (Å²) in [5.74, 6) is -1.15. The Morgan fingerprint density at radius 2 is 1.60 bits per heavy atom. The molecule has 4 heteroatoms. The molecule has 0 radical (unpaired) electrons. The fourth-order valence-electron chi connectivity index (χ4n) is 1.21. The second kappa shape index (κ2) is 3.57. The maximum Gasteiger partial charge on any atom is 0.345 e. The smallest absolute Gasteiger partial charge is 0.345 e. The number of esters is 2. The van der Waals surface area contributed by atoms with Crippen LogP contribution in [0.4, 0.5) is 0 Å². The zero-order valence-electron chi connectivity index (χ0n) is 8.02. The standard InChI is InChI=1S/C11H8O4/c1-2-9-14-10(12)7-4-3-5-8(6-7)11(13)15-9/h2-6H,1H3. The van der Waals surface area contributed by atoms with Crippen LogP contribution in [-0.4, -0.2) is 11.9 Å². The number of carbonyl (C=O) groups excluding carboxylic acids is 2. The summed E-state index contributed by atoms with van der Waals surface area (Å²) < 4.78 is 9.66. The van der Waals surface area contributed by atoms with Crippen LogP contribution < -0.4 is 0 Å². The minimum absolute atomic E-state index is 0.0863. The molecule has 0 aliphatic carbocycles. The van der Waals surface area contributed by atoms with Gasteiger partial charge < -0.3 is 9.47 Å². The van der Waals surface area contributed by atoms with Crippen LogP contribution in [0.25, 0.3) is 0 Å². The maximum atomic E-state index is 11.5. The summed E-state index contributed by atoms with van der Waals surface area (Å²) in [6.07, 6.45) is 1.42. The van der Waals surface area contributed by atoms with Crippen molar-refractivity contribution in [1.82, 2.24) is 0 Å². The van der Waals surface area contributed by atoms with Crippen LogP contribution in [0.3, 0.4) is 0 Å². The van der Waals surface area contributed by atoms with Gasteiger partial charge in [0.2, 0.25) is 0 Å². The van der Waals surface area contributed by atoms with E-state index in [1.807, 2.05) is 0 Å². The van der Waals surface area contributed by atoms with E-state index in [2.05, 4.69) is 0 Å². The zero-order valence-corrected chi connectivity index (χ0v) is 8.02. The molecule has 1 aliphatic rings. The van der Waals surface area contributed by atoms with E-state index < -0.39 is 11.9 Å².